The number of phosphoric acid groups is 1. The number of phenols is 1. The molecule has 10 heteroatoms. The Morgan fingerprint density at radius 1 is 0.972 bits per heavy atom. The molecule has 0 aliphatic carbocycles. The summed E-state index contributed by atoms with van der Waals surface area (Å²) in [5.41, 5.74) is 1.96. The van der Waals surface area contributed by atoms with Crippen molar-refractivity contribution in [3.05, 3.63) is 77.2 Å². The van der Waals surface area contributed by atoms with Gasteiger partial charge in [-0.25, -0.2) is 4.57 Å². The minimum absolute atomic E-state index is 0.0618. The van der Waals surface area contributed by atoms with Crippen LogP contribution in [-0.2, 0) is 26.9 Å². The van der Waals surface area contributed by atoms with Gasteiger partial charge >= 0.3 is 7.82 Å². The monoisotopic (exact) mass is 523 g/mol. The Morgan fingerprint density at radius 3 is 2.36 bits per heavy atom. The van der Waals surface area contributed by atoms with Crippen molar-refractivity contribution < 1.29 is 38.9 Å². The van der Waals surface area contributed by atoms with Gasteiger partial charge in [0.2, 0.25) is 0 Å². The molecule has 200 valence electrons. The second-order valence-electron chi connectivity index (χ2n) is 8.51. The van der Waals surface area contributed by atoms with Crippen LogP contribution in [0.3, 0.4) is 0 Å². The van der Waals surface area contributed by atoms with Crippen molar-refractivity contribution in [3.8, 4) is 5.75 Å². The molecule has 2 rings (SSSR count). The lowest BCUT2D eigenvalue weighted by atomic mass is 10.0. The summed E-state index contributed by atoms with van der Waals surface area (Å²) >= 11 is 0. The van der Waals surface area contributed by atoms with Gasteiger partial charge in [0, 0.05) is 25.3 Å². The standard InChI is InChI=1S/C26H38NO8P/c28-19-23-18-22(13-14-25(23)29)26(30)24(20-35-36(31,32)33)27-15-7-1-2-8-16-34-17-9-6-12-21-10-4-3-5-11-21/h3-5,10-11,13-14,18,20,26-30H,1-2,6-9,12,15-17,19H2,(H2,31,32,33). The maximum atomic E-state index is 11.1. The van der Waals surface area contributed by atoms with Crippen LogP contribution in [0, 0.1) is 0 Å². The van der Waals surface area contributed by atoms with Gasteiger partial charge in [-0.2, -0.15) is 0 Å². The Balaban J connectivity index is 1.65. The average molecular weight is 524 g/mol. The first-order valence-electron chi connectivity index (χ1n) is 12.2. The number of phosphoric ester groups is 1. The molecule has 1 atom stereocenters. The van der Waals surface area contributed by atoms with Gasteiger partial charge in [0.05, 0.1) is 12.3 Å². The average Bonchev–Trinajstić information content (AvgIpc) is 2.86. The van der Waals surface area contributed by atoms with E-state index in [4.69, 9.17) is 14.5 Å². The van der Waals surface area contributed by atoms with E-state index in [-0.39, 0.29) is 17.0 Å². The van der Waals surface area contributed by atoms with E-state index in [9.17, 15) is 19.9 Å². The summed E-state index contributed by atoms with van der Waals surface area (Å²) in [5, 5.41) is 32.7. The molecule has 9 nitrogen and oxygen atoms in total. The first-order valence-corrected chi connectivity index (χ1v) is 13.7. The fourth-order valence-corrected chi connectivity index (χ4v) is 3.86. The number of ether oxygens (including phenoxy) is 1. The fraction of sp³-hybridized carbons (Fsp3) is 0.462. The fourth-order valence-electron chi connectivity index (χ4n) is 3.61. The maximum Gasteiger partial charge on any atom is 0.524 e. The number of rotatable bonds is 18. The van der Waals surface area contributed by atoms with E-state index in [1.807, 2.05) is 6.07 Å². The van der Waals surface area contributed by atoms with E-state index in [1.54, 1.807) is 0 Å². The van der Waals surface area contributed by atoms with E-state index >= 15 is 0 Å². The number of benzene rings is 2. The van der Waals surface area contributed by atoms with E-state index in [0.717, 1.165) is 57.8 Å². The van der Waals surface area contributed by atoms with Crippen LogP contribution in [0.5, 0.6) is 5.75 Å². The molecule has 0 spiro atoms. The lowest BCUT2D eigenvalue weighted by Crippen LogP contribution is -2.21. The van der Waals surface area contributed by atoms with Crippen LogP contribution in [0.25, 0.3) is 0 Å². The Bertz CT molecular complexity index is 964. The number of hydrogen-bond acceptors (Lipinski definition) is 7. The number of aromatic hydroxyl groups is 1. The number of aryl methyl sites for hydroxylation is 1. The Hall–Kier alpha value is -2.39. The predicted molar refractivity (Wildman–Crippen MR) is 137 cm³/mol. The number of unbranched alkanes of at least 4 members (excludes halogenated alkanes) is 4. The second-order valence-corrected chi connectivity index (χ2v) is 9.71. The molecule has 0 radical (unpaired) electrons. The van der Waals surface area contributed by atoms with Crippen LogP contribution in [0.1, 0.15) is 61.3 Å². The molecule has 2 aromatic rings. The summed E-state index contributed by atoms with van der Waals surface area (Å²) in [6.45, 7) is 1.51. The van der Waals surface area contributed by atoms with E-state index in [2.05, 4.69) is 34.1 Å². The predicted octanol–water partition coefficient (Wildman–Crippen LogP) is 4.06. The van der Waals surface area contributed by atoms with Gasteiger partial charge in [-0.05, 0) is 55.4 Å². The summed E-state index contributed by atoms with van der Waals surface area (Å²) in [5.74, 6) is -0.116. The van der Waals surface area contributed by atoms with Gasteiger partial charge < -0.3 is 29.9 Å². The topological polar surface area (TPSA) is 149 Å². The highest BCUT2D eigenvalue weighted by atomic mass is 31.2. The highest BCUT2D eigenvalue weighted by molar-refractivity contribution is 7.46. The second kappa shape index (κ2) is 16.4. The molecular formula is C26H38NO8P. The number of aliphatic hydroxyl groups is 2. The van der Waals surface area contributed by atoms with Crippen molar-refractivity contribution in [1.29, 1.82) is 0 Å². The minimum atomic E-state index is -4.78. The quantitative estimate of drug-likeness (QED) is 0.0966. The molecule has 0 heterocycles. The van der Waals surface area contributed by atoms with Crippen LogP contribution in [0.15, 0.2) is 60.5 Å². The molecule has 1 unspecified atom stereocenters. The summed E-state index contributed by atoms with van der Waals surface area (Å²) < 4.78 is 21.3. The van der Waals surface area contributed by atoms with Crippen LogP contribution < -0.4 is 5.32 Å². The number of hydrogen-bond donors (Lipinski definition) is 6. The first-order chi connectivity index (χ1) is 17.3. The highest BCUT2D eigenvalue weighted by Crippen LogP contribution is 2.37. The molecule has 0 saturated carbocycles. The van der Waals surface area contributed by atoms with Crippen molar-refractivity contribution in [2.75, 3.05) is 19.8 Å². The Morgan fingerprint density at radius 2 is 1.67 bits per heavy atom. The summed E-state index contributed by atoms with van der Waals surface area (Å²) in [6, 6.07) is 14.6. The van der Waals surface area contributed by atoms with Gasteiger partial charge in [-0.1, -0.05) is 49.2 Å². The molecule has 0 amide bonds. The molecule has 0 fully saturated rings. The first kappa shape index (κ1) is 29.8. The molecule has 0 aliphatic heterocycles. The zero-order chi connectivity index (χ0) is 26.2. The third kappa shape index (κ3) is 12.0. The highest BCUT2D eigenvalue weighted by Gasteiger charge is 2.19. The van der Waals surface area contributed by atoms with E-state index in [1.165, 1.54) is 23.8 Å². The van der Waals surface area contributed by atoms with Crippen molar-refractivity contribution >= 4 is 7.82 Å². The molecule has 0 bridgehead atoms. The number of aliphatic hydroxyl groups excluding tert-OH is 2. The SMILES string of the molecule is O=P(O)(O)OC=C(NCCCCCCOCCCCc1ccccc1)C(O)c1ccc(O)c(CO)c1. The Kier molecular flexibility index (Phi) is 13.6. The zero-order valence-electron chi connectivity index (χ0n) is 20.5. The summed E-state index contributed by atoms with van der Waals surface area (Å²) in [4.78, 5) is 18.0. The third-order valence-corrected chi connectivity index (χ3v) is 5.97. The van der Waals surface area contributed by atoms with Gasteiger partial charge in [0.1, 0.15) is 18.1 Å². The molecule has 0 aliphatic rings. The van der Waals surface area contributed by atoms with E-state index in [0.29, 0.717) is 18.7 Å². The van der Waals surface area contributed by atoms with Crippen molar-refractivity contribution in [1.82, 2.24) is 5.32 Å². The normalized spacial score (nSPS) is 12.9. The summed E-state index contributed by atoms with van der Waals surface area (Å²) in [6.07, 6.45) is 6.34. The number of nitrogens with one attached hydrogen (secondary N) is 1. The zero-order valence-corrected chi connectivity index (χ0v) is 21.4. The van der Waals surface area contributed by atoms with Crippen LogP contribution >= 0.6 is 7.82 Å². The molecule has 2 aromatic carbocycles. The van der Waals surface area contributed by atoms with Crippen molar-refractivity contribution in [3.63, 3.8) is 0 Å². The van der Waals surface area contributed by atoms with Gasteiger partial charge in [-0.15, -0.1) is 0 Å². The van der Waals surface area contributed by atoms with Gasteiger partial charge in [0.15, 0.2) is 0 Å². The largest absolute Gasteiger partial charge is 0.524 e. The van der Waals surface area contributed by atoms with Crippen molar-refractivity contribution in [2.45, 2.75) is 57.7 Å². The van der Waals surface area contributed by atoms with Gasteiger partial charge in [0.25, 0.3) is 0 Å². The lowest BCUT2D eigenvalue weighted by molar-refractivity contribution is 0.126. The molecule has 6 N–H and O–H groups in total. The molecule has 36 heavy (non-hydrogen) atoms. The summed E-state index contributed by atoms with van der Waals surface area (Å²) in [7, 11) is -4.78. The molecule has 0 aromatic heterocycles. The van der Waals surface area contributed by atoms with E-state index < -0.39 is 20.5 Å². The Labute approximate surface area is 212 Å². The van der Waals surface area contributed by atoms with Crippen LogP contribution in [0.2, 0.25) is 0 Å². The maximum absolute atomic E-state index is 11.1. The third-order valence-electron chi connectivity index (χ3n) is 5.59. The van der Waals surface area contributed by atoms with Crippen LogP contribution in [-0.4, -0.2) is 44.9 Å². The van der Waals surface area contributed by atoms with Gasteiger partial charge in [-0.3, -0.25) is 9.79 Å². The molecular weight excluding hydrogens is 485 g/mol. The lowest BCUT2D eigenvalue weighted by Gasteiger charge is -2.18. The smallest absolute Gasteiger partial charge is 0.508 e. The minimum Gasteiger partial charge on any atom is -0.508 e. The molecule has 0 saturated heterocycles. The van der Waals surface area contributed by atoms with Crippen molar-refractivity contribution in [2.24, 2.45) is 0 Å². The van der Waals surface area contributed by atoms with Crippen LogP contribution in [0.4, 0.5) is 0 Å².